The smallest absolute Gasteiger partial charge is 0.269 e. The number of anilines is 1. The van der Waals surface area contributed by atoms with Crippen molar-refractivity contribution in [2.75, 3.05) is 12.4 Å². The van der Waals surface area contributed by atoms with Gasteiger partial charge in [-0.1, -0.05) is 12.1 Å². The molecule has 118 valence electrons. The van der Waals surface area contributed by atoms with E-state index in [9.17, 15) is 12.8 Å². The fourth-order valence-corrected chi connectivity index (χ4v) is 3.59. The summed E-state index contributed by atoms with van der Waals surface area (Å²) in [6.45, 7) is 0. The molecule has 3 rings (SSSR count). The van der Waals surface area contributed by atoms with Gasteiger partial charge in [0.1, 0.15) is 10.7 Å². The molecular formula is C16H14FN3O2S. The summed E-state index contributed by atoms with van der Waals surface area (Å²) in [5.41, 5.74) is 1.02. The third-order valence-corrected chi connectivity index (χ3v) is 5.07. The Kier molecular flexibility index (Phi) is 3.87. The lowest BCUT2D eigenvalue weighted by molar-refractivity contribution is 0.587. The predicted octanol–water partition coefficient (Wildman–Crippen LogP) is 2.97. The number of benzene rings is 1. The van der Waals surface area contributed by atoms with Gasteiger partial charge in [-0.05, 0) is 30.3 Å². The van der Waals surface area contributed by atoms with Crippen molar-refractivity contribution in [1.82, 2.24) is 8.96 Å². The van der Waals surface area contributed by atoms with Crippen LogP contribution in [0.5, 0.6) is 0 Å². The Hall–Kier alpha value is -2.67. The maximum Gasteiger partial charge on any atom is 0.269 e. The predicted molar refractivity (Wildman–Crippen MR) is 86.2 cm³/mol. The van der Waals surface area contributed by atoms with E-state index in [-0.39, 0.29) is 16.2 Å². The van der Waals surface area contributed by atoms with E-state index in [1.165, 1.54) is 36.8 Å². The molecule has 0 radical (unpaired) electrons. The first-order chi connectivity index (χ1) is 11.0. The second-order valence-corrected chi connectivity index (χ2v) is 6.65. The van der Waals surface area contributed by atoms with Gasteiger partial charge < -0.3 is 5.32 Å². The van der Waals surface area contributed by atoms with Gasteiger partial charge in [-0.25, -0.2) is 16.8 Å². The molecular weight excluding hydrogens is 317 g/mol. The monoisotopic (exact) mass is 331 g/mol. The fourth-order valence-electron chi connectivity index (χ4n) is 2.26. The molecule has 0 spiro atoms. The van der Waals surface area contributed by atoms with E-state index in [1.54, 1.807) is 31.3 Å². The average Bonchev–Trinajstić information content (AvgIpc) is 3.01. The van der Waals surface area contributed by atoms with Crippen molar-refractivity contribution in [3.8, 4) is 11.3 Å². The van der Waals surface area contributed by atoms with Crippen molar-refractivity contribution >= 4 is 15.7 Å². The number of halogens is 1. The minimum Gasteiger partial charge on any atom is -0.387 e. The van der Waals surface area contributed by atoms with E-state index in [4.69, 9.17) is 0 Å². The number of pyridine rings is 1. The summed E-state index contributed by atoms with van der Waals surface area (Å²) in [6.07, 6.45) is 4.18. The van der Waals surface area contributed by atoms with E-state index >= 15 is 0 Å². The first kappa shape index (κ1) is 15.2. The molecule has 2 heterocycles. The van der Waals surface area contributed by atoms with Crippen LogP contribution in [-0.4, -0.2) is 24.4 Å². The zero-order chi connectivity index (χ0) is 16.4. The molecule has 0 aliphatic heterocycles. The van der Waals surface area contributed by atoms with Gasteiger partial charge in [-0.15, -0.1) is 0 Å². The summed E-state index contributed by atoms with van der Waals surface area (Å²) in [6, 6.07) is 10.6. The molecule has 0 aliphatic rings. The fraction of sp³-hybridized carbons (Fsp3) is 0.0625. The Morgan fingerprint density at radius 2 is 1.96 bits per heavy atom. The van der Waals surface area contributed by atoms with Crippen molar-refractivity contribution in [2.45, 2.75) is 4.90 Å². The van der Waals surface area contributed by atoms with Crippen molar-refractivity contribution in [3.63, 3.8) is 0 Å². The standard InChI is InChI=1S/C16H14FN3O2S/c1-18-12-9-16(14-6-2-3-7-15(14)17)20(11-12)23(21,22)13-5-4-8-19-10-13/h2-11,18H,1H3. The third-order valence-electron chi connectivity index (χ3n) is 3.42. The number of rotatable bonds is 4. The van der Waals surface area contributed by atoms with Crippen LogP contribution in [0.1, 0.15) is 0 Å². The summed E-state index contributed by atoms with van der Waals surface area (Å²) < 4.78 is 40.9. The number of aromatic nitrogens is 2. The zero-order valence-corrected chi connectivity index (χ0v) is 13.1. The van der Waals surface area contributed by atoms with Crippen molar-refractivity contribution in [2.24, 2.45) is 0 Å². The second-order valence-electron chi connectivity index (χ2n) is 4.83. The maximum absolute atomic E-state index is 14.1. The largest absolute Gasteiger partial charge is 0.387 e. The van der Waals surface area contributed by atoms with Crippen LogP contribution in [0.2, 0.25) is 0 Å². The number of hydrogen-bond acceptors (Lipinski definition) is 4. The Morgan fingerprint density at radius 3 is 2.61 bits per heavy atom. The normalized spacial score (nSPS) is 11.4. The summed E-state index contributed by atoms with van der Waals surface area (Å²) in [5.74, 6) is -0.490. The lowest BCUT2D eigenvalue weighted by atomic mass is 10.1. The molecule has 0 fully saturated rings. The molecule has 5 nitrogen and oxygen atoms in total. The Morgan fingerprint density at radius 1 is 1.17 bits per heavy atom. The van der Waals surface area contributed by atoms with E-state index in [0.29, 0.717) is 5.69 Å². The van der Waals surface area contributed by atoms with Crippen LogP contribution in [-0.2, 0) is 10.0 Å². The van der Waals surface area contributed by atoms with Gasteiger partial charge >= 0.3 is 0 Å². The van der Waals surface area contributed by atoms with Crippen molar-refractivity contribution < 1.29 is 12.8 Å². The summed E-state index contributed by atoms with van der Waals surface area (Å²) in [4.78, 5) is 3.88. The number of hydrogen-bond donors (Lipinski definition) is 1. The number of nitrogens with one attached hydrogen (secondary N) is 1. The van der Waals surface area contributed by atoms with Crippen LogP contribution in [0.3, 0.4) is 0 Å². The zero-order valence-electron chi connectivity index (χ0n) is 12.3. The maximum atomic E-state index is 14.1. The highest BCUT2D eigenvalue weighted by molar-refractivity contribution is 7.90. The van der Waals surface area contributed by atoms with Crippen LogP contribution >= 0.6 is 0 Å². The van der Waals surface area contributed by atoms with E-state index < -0.39 is 15.8 Å². The van der Waals surface area contributed by atoms with E-state index in [2.05, 4.69) is 10.3 Å². The lowest BCUT2D eigenvalue weighted by Crippen LogP contribution is -2.13. The molecule has 2 aromatic heterocycles. The van der Waals surface area contributed by atoms with Crippen LogP contribution in [0.25, 0.3) is 11.3 Å². The first-order valence-electron chi connectivity index (χ1n) is 6.84. The van der Waals surface area contributed by atoms with Crippen molar-refractivity contribution in [1.29, 1.82) is 0 Å². The van der Waals surface area contributed by atoms with Gasteiger partial charge in [0.25, 0.3) is 10.0 Å². The highest BCUT2D eigenvalue weighted by Gasteiger charge is 2.23. The summed E-state index contributed by atoms with van der Waals surface area (Å²) >= 11 is 0. The van der Waals surface area contributed by atoms with Crippen molar-refractivity contribution in [3.05, 3.63) is 66.9 Å². The molecule has 0 atom stereocenters. The molecule has 7 heteroatoms. The third kappa shape index (κ3) is 2.70. The topological polar surface area (TPSA) is 64.0 Å². The van der Waals surface area contributed by atoms with Crippen LogP contribution < -0.4 is 5.32 Å². The van der Waals surface area contributed by atoms with Crippen LogP contribution in [0.4, 0.5) is 10.1 Å². The average molecular weight is 331 g/mol. The molecule has 0 unspecified atom stereocenters. The van der Waals surface area contributed by atoms with E-state index in [1.807, 2.05) is 0 Å². The van der Waals surface area contributed by atoms with Gasteiger partial charge in [0, 0.05) is 31.2 Å². The van der Waals surface area contributed by atoms with Crippen LogP contribution in [0, 0.1) is 5.82 Å². The second kappa shape index (κ2) is 5.85. The Balaban J connectivity index is 2.25. The minimum absolute atomic E-state index is 0.0378. The summed E-state index contributed by atoms with van der Waals surface area (Å²) in [7, 11) is -2.21. The van der Waals surface area contributed by atoms with E-state index in [0.717, 1.165) is 3.97 Å². The van der Waals surface area contributed by atoms with Gasteiger partial charge in [0.05, 0.1) is 11.4 Å². The highest BCUT2D eigenvalue weighted by Crippen LogP contribution is 2.30. The first-order valence-corrected chi connectivity index (χ1v) is 8.28. The van der Waals surface area contributed by atoms with Gasteiger partial charge in [0.2, 0.25) is 0 Å². The van der Waals surface area contributed by atoms with Gasteiger partial charge in [-0.2, -0.15) is 0 Å². The molecule has 23 heavy (non-hydrogen) atoms. The minimum atomic E-state index is -3.88. The van der Waals surface area contributed by atoms with Gasteiger partial charge in [0.15, 0.2) is 0 Å². The lowest BCUT2D eigenvalue weighted by Gasteiger charge is -2.10. The van der Waals surface area contributed by atoms with Crippen LogP contribution in [0.15, 0.2) is 66.0 Å². The Labute approximate surface area is 133 Å². The molecule has 0 saturated carbocycles. The SMILES string of the molecule is CNc1cc(-c2ccccc2F)n(S(=O)(=O)c2cccnc2)c1. The summed E-state index contributed by atoms with van der Waals surface area (Å²) in [5, 5.41) is 2.88. The molecule has 0 saturated heterocycles. The molecule has 0 amide bonds. The molecule has 1 N–H and O–H groups in total. The Bertz CT molecular complexity index is 937. The number of nitrogens with zero attached hydrogens (tertiary/aromatic N) is 2. The van der Waals surface area contributed by atoms with Gasteiger partial charge in [-0.3, -0.25) is 4.98 Å². The quantitative estimate of drug-likeness (QED) is 0.798. The highest BCUT2D eigenvalue weighted by atomic mass is 32.2. The molecule has 0 bridgehead atoms. The molecule has 0 aliphatic carbocycles. The molecule has 3 aromatic rings. The molecule has 1 aromatic carbocycles.